The molecule has 1 aliphatic carbocycles. The van der Waals surface area contributed by atoms with Crippen LogP contribution in [0.5, 0.6) is 0 Å². The SMILES string of the molecule is CC(C)CC(CNC1CC(N)C1)N1CCOCC1. The highest BCUT2D eigenvalue weighted by atomic mass is 16.5. The maximum absolute atomic E-state index is 5.83. The summed E-state index contributed by atoms with van der Waals surface area (Å²) in [7, 11) is 0. The Labute approximate surface area is 111 Å². The van der Waals surface area contributed by atoms with Gasteiger partial charge in [0.25, 0.3) is 0 Å². The molecule has 1 saturated heterocycles. The molecule has 0 spiro atoms. The van der Waals surface area contributed by atoms with Crippen LogP contribution in [0.25, 0.3) is 0 Å². The minimum absolute atomic E-state index is 0.439. The summed E-state index contributed by atoms with van der Waals surface area (Å²) < 4.78 is 5.45. The first-order valence-electron chi connectivity index (χ1n) is 7.46. The van der Waals surface area contributed by atoms with Crippen molar-refractivity contribution in [2.75, 3.05) is 32.8 Å². The van der Waals surface area contributed by atoms with Crippen molar-refractivity contribution in [3.8, 4) is 0 Å². The van der Waals surface area contributed by atoms with Crippen molar-refractivity contribution >= 4 is 0 Å². The van der Waals surface area contributed by atoms with Crippen LogP contribution >= 0.6 is 0 Å². The molecule has 1 saturated carbocycles. The molecule has 1 heterocycles. The fourth-order valence-electron chi connectivity index (χ4n) is 2.98. The van der Waals surface area contributed by atoms with Crippen LogP contribution in [-0.2, 0) is 4.74 Å². The molecule has 4 heteroatoms. The molecular formula is C14H29N3O. The Bertz CT molecular complexity index is 235. The summed E-state index contributed by atoms with van der Waals surface area (Å²) in [6, 6.07) is 1.76. The first kappa shape index (κ1) is 14.3. The van der Waals surface area contributed by atoms with Crippen LogP contribution in [0.1, 0.15) is 33.1 Å². The fourth-order valence-corrected chi connectivity index (χ4v) is 2.98. The summed E-state index contributed by atoms with van der Waals surface area (Å²) in [5.74, 6) is 0.753. The number of morpholine rings is 1. The summed E-state index contributed by atoms with van der Waals surface area (Å²) in [6.45, 7) is 9.69. The Balaban J connectivity index is 1.76. The molecule has 18 heavy (non-hydrogen) atoms. The average Bonchev–Trinajstić information content (AvgIpc) is 2.32. The van der Waals surface area contributed by atoms with Gasteiger partial charge in [0, 0.05) is 37.8 Å². The van der Waals surface area contributed by atoms with Crippen LogP contribution in [0.15, 0.2) is 0 Å². The molecule has 2 fully saturated rings. The minimum Gasteiger partial charge on any atom is -0.379 e. The van der Waals surface area contributed by atoms with Crippen molar-refractivity contribution in [2.24, 2.45) is 11.7 Å². The molecule has 4 nitrogen and oxygen atoms in total. The van der Waals surface area contributed by atoms with E-state index in [0.29, 0.717) is 18.1 Å². The first-order chi connectivity index (χ1) is 8.65. The Morgan fingerprint density at radius 3 is 2.50 bits per heavy atom. The highest BCUT2D eigenvalue weighted by Crippen LogP contribution is 2.19. The van der Waals surface area contributed by atoms with E-state index in [9.17, 15) is 0 Å². The van der Waals surface area contributed by atoms with Crippen LogP contribution in [0, 0.1) is 5.92 Å². The number of ether oxygens (including phenoxy) is 1. The molecule has 0 aromatic heterocycles. The first-order valence-corrected chi connectivity index (χ1v) is 7.46. The summed E-state index contributed by atoms with van der Waals surface area (Å²) in [6.07, 6.45) is 3.57. The molecule has 2 aliphatic rings. The van der Waals surface area contributed by atoms with Crippen molar-refractivity contribution in [1.29, 1.82) is 0 Å². The Kier molecular flexibility index (Phi) is 5.42. The summed E-state index contributed by atoms with van der Waals surface area (Å²) in [5.41, 5.74) is 5.83. The standard InChI is InChI=1S/C14H29N3O/c1-11(2)7-14(17-3-5-18-6-4-17)10-16-13-8-12(15)9-13/h11-14,16H,3-10,15H2,1-2H3. The second-order valence-corrected chi connectivity index (χ2v) is 6.27. The van der Waals surface area contributed by atoms with E-state index in [4.69, 9.17) is 10.5 Å². The Morgan fingerprint density at radius 2 is 1.94 bits per heavy atom. The second kappa shape index (κ2) is 6.85. The predicted molar refractivity (Wildman–Crippen MR) is 74.6 cm³/mol. The molecule has 0 amide bonds. The lowest BCUT2D eigenvalue weighted by Gasteiger charge is -2.39. The Hall–Kier alpha value is -0.160. The van der Waals surface area contributed by atoms with Gasteiger partial charge in [-0.1, -0.05) is 13.8 Å². The Morgan fingerprint density at radius 1 is 1.28 bits per heavy atom. The van der Waals surface area contributed by atoms with Crippen LogP contribution in [0.2, 0.25) is 0 Å². The molecule has 0 aromatic rings. The lowest BCUT2D eigenvalue weighted by atomic mass is 9.87. The van der Waals surface area contributed by atoms with Gasteiger partial charge in [-0.3, -0.25) is 4.90 Å². The third-order valence-electron chi connectivity index (χ3n) is 4.12. The van der Waals surface area contributed by atoms with E-state index in [0.717, 1.165) is 51.6 Å². The smallest absolute Gasteiger partial charge is 0.0594 e. The number of rotatable bonds is 6. The predicted octanol–water partition coefficient (Wildman–Crippen LogP) is 0.813. The molecule has 106 valence electrons. The van der Waals surface area contributed by atoms with Gasteiger partial charge in [0.15, 0.2) is 0 Å². The van der Waals surface area contributed by atoms with Crippen molar-refractivity contribution in [1.82, 2.24) is 10.2 Å². The van der Waals surface area contributed by atoms with Gasteiger partial charge >= 0.3 is 0 Å². The van der Waals surface area contributed by atoms with E-state index in [1.807, 2.05) is 0 Å². The quantitative estimate of drug-likeness (QED) is 0.737. The van der Waals surface area contributed by atoms with Gasteiger partial charge < -0.3 is 15.8 Å². The van der Waals surface area contributed by atoms with Gasteiger partial charge in [0.1, 0.15) is 0 Å². The fraction of sp³-hybridized carbons (Fsp3) is 1.00. The second-order valence-electron chi connectivity index (χ2n) is 6.27. The van der Waals surface area contributed by atoms with Crippen molar-refractivity contribution < 1.29 is 4.74 Å². The van der Waals surface area contributed by atoms with Crippen molar-refractivity contribution in [2.45, 2.75) is 51.2 Å². The third-order valence-corrected chi connectivity index (χ3v) is 4.12. The van der Waals surface area contributed by atoms with Gasteiger partial charge in [0.05, 0.1) is 13.2 Å². The zero-order chi connectivity index (χ0) is 13.0. The largest absolute Gasteiger partial charge is 0.379 e. The van der Waals surface area contributed by atoms with E-state index >= 15 is 0 Å². The van der Waals surface area contributed by atoms with E-state index in [1.54, 1.807) is 0 Å². The van der Waals surface area contributed by atoms with E-state index in [1.165, 1.54) is 6.42 Å². The summed E-state index contributed by atoms with van der Waals surface area (Å²) >= 11 is 0. The number of nitrogens with zero attached hydrogens (tertiary/aromatic N) is 1. The molecule has 2 rings (SSSR count). The van der Waals surface area contributed by atoms with E-state index in [-0.39, 0.29) is 0 Å². The maximum atomic E-state index is 5.83. The summed E-state index contributed by atoms with van der Waals surface area (Å²) in [4.78, 5) is 2.59. The minimum atomic E-state index is 0.439. The molecule has 0 aromatic carbocycles. The lowest BCUT2D eigenvalue weighted by molar-refractivity contribution is 0.0111. The average molecular weight is 255 g/mol. The number of nitrogens with one attached hydrogen (secondary N) is 1. The topological polar surface area (TPSA) is 50.5 Å². The molecule has 0 radical (unpaired) electrons. The lowest BCUT2D eigenvalue weighted by Crippen LogP contribution is -2.54. The van der Waals surface area contributed by atoms with Crippen LogP contribution in [0.3, 0.4) is 0 Å². The maximum Gasteiger partial charge on any atom is 0.0594 e. The molecule has 1 atom stereocenters. The van der Waals surface area contributed by atoms with Crippen molar-refractivity contribution in [3.05, 3.63) is 0 Å². The highest BCUT2D eigenvalue weighted by Gasteiger charge is 2.28. The number of hydrogen-bond acceptors (Lipinski definition) is 4. The van der Waals surface area contributed by atoms with Crippen molar-refractivity contribution in [3.63, 3.8) is 0 Å². The van der Waals surface area contributed by atoms with E-state index < -0.39 is 0 Å². The molecule has 3 N–H and O–H groups in total. The van der Waals surface area contributed by atoms with Gasteiger partial charge in [0.2, 0.25) is 0 Å². The third kappa shape index (κ3) is 4.19. The zero-order valence-electron chi connectivity index (χ0n) is 11.9. The normalized spacial score (nSPS) is 31.3. The van der Waals surface area contributed by atoms with E-state index in [2.05, 4.69) is 24.1 Å². The molecule has 1 aliphatic heterocycles. The summed E-state index contributed by atoms with van der Waals surface area (Å²) in [5, 5.41) is 3.69. The monoisotopic (exact) mass is 255 g/mol. The highest BCUT2D eigenvalue weighted by molar-refractivity contribution is 4.89. The molecular weight excluding hydrogens is 226 g/mol. The van der Waals surface area contributed by atoms with Crippen LogP contribution < -0.4 is 11.1 Å². The molecule has 0 bridgehead atoms. The number of nitrogens with two attached hydrogens (primary N) is 1. The van der Waals surface area contributed by atoms with Crippen LogP contribution in [0.4, 0.5) is 0 Å². The zero-order valence-corrected chi connectivity index (χ0v) is 11.9. The van der Waals surface area contributed by atoms with Gasteiger partial charge in [-0.15, -0.1) is 0 Å². The van der Waals surface area contributed by atoms with Gasteiger partial charge in [-0.25, -0.2) is 0 Å². The molecule has 1 unspecified atom stereocenters. The van der Waals surface area contributed by atoms with Gasteiger partial charge in [-0.05, 0) is 25.2 Å². The van der Waals surface area contributed by atoms with Gasteiger partial charge in [-0.2, -0.15) is 0 Å². The van der Waals surface area contributed by atoms with Crippen LogP contribution in [-0.4, -0.2) is 55.9 Å². The number of hydrogen-bond donors (Lipinski definition) is 2.